The summed E-state index contributed by atoms with van der Waals surface area (Å²) >= 11 is 7.02. The van der Waals surface area contributed by atoms with E-state index in [4.69, 9.17) is 20.5 Å². The summed E-state index contributed by atoms with van der Waals surface area (Å²) in [5.41, 5.74) is 0. The Kier molecular flexibility index (Phi) is 3.72. The minimum absolute atomic E-state index is 0.676. The zero-order chi connectivity index (χ0) is 8.97. The monoisotopic (exact) mass is 204 g/mol. The maximum Gasteiger partial charge on any atom is 0.134 e. The van der Waals surface area contributed by atoms with Gasteiger partial charge in [0, 0.05) is 17.1 Å². The highest BCUT2D eigenvalue weighted by Crippen LogP contribution is 2.31. The largest absolute Gasteiger partial charge is 0.495 e. The molecule has 0 heterocycles. The van der Waals surface area contributed by atoms with Crippen LogP contribution in [0.15, 0.2) is 23.1 Å². The number of halogens is 1. The second-order valence-electron chi connectivity index (χ2n) is 2.05. The molecule has 0 amide bonds. The fraction of sp³-hybridized carbons (Fsp3) is 0.250. The molecule has 0 N–H and O–H groups in total. The maximum atomic E-state index is 5.79. The molecule has 0 radical (unpaired) electrons. The van der Waals surface area contributed by atoms with E-state index in [1.165, 1.54) is 12.0 Å². The minimum atomic E-state index is 0.676. The lowest BCUT2D eigenvalue weighted by atomic mass is 10.3. The van der Waals surface area contributed by atoms with E-state index < -0.39 is 0 Å². The number of ether oxygens (including phenoxy) is 1. The second-order valence-corrected chi connectivity index (χ2v) is 3.42. The van der Waals surface area contributed by atoms with Gasteiger partial charge in [-0.15, -0.1) is 0 Å². The zero-order valence-electron chi connectivity index (χ0n) is 6.83. The van der Waals surface area contributed by atoms with Crippen LogP contribution in [0.1, 0.15) is 0 Å². The van der Waals surface area contributed by atoms with Gasteiger partial charge in [-0.1, -0.05) is 11.6 Å². The van der Waals surface area contributed by atoms with Gasteiger partial charge >= 0.3 is 0 Å². The molecule has 0 saturated heterocycles. The molecule has 0 spiro atoms. The summed E-state index contributed by atoms with van der Waals surface area (Å²) in [5.74, 6) is 0.770. The molecule has 66 valence electrons. The van der Waals surface area contributed by atoms with Crippen LogP contribution in [0.4, 0.5) is 0 Å². The lowest BCUT2D eigenvalue weighted by molar-refractivity contribution is 0.402. The number of benzene rings is 1. The van der Waals surface area contributed by atoms with E-state index in [1.807, 2.05) is 6.07 Å². The molecule has 4 heteroatoms. The molecule has 1 aromatic rings. The molecule has 0 fully saturated rings. The van der Waals surface area contributed by atoms with Gasteiger partial charge in [0.15, 0.2) is 0 Å². The van der Waals surface area contributed by atoms with Crippen LogP contribution in [0.2, 0.25) is 5.02 Å². The smallest absolute Gasteiger partial charge is 0.134 e. The molecular formula is C8H9ClO2S. The van der Waals surface area contributed by atoms with Crippen LogP contribution in [0.25, 0.3) is 0 Å². The second kappa shape index (κ2) is 4.60. The van der Waals surface area contributed by atoms with Gasteiger partial charge in [-0.25, -0.2) is 0 Å². The van der Waals surface area contributed by atoms with Crippen LogP contribution in [-0.2, 0) is 4.18 Å². The van der Waals surface area contributed by atoms with Crippen LogP contribution in [-0.4, -0.2) is 14.2 Å². The maximum absolute atomic E-state index is 5.79. The lowest BCUT2D eigenvalue weighted by Crippen LogP contribution is -1.85. The van der Waals surface area contributed by atoms with Crippen molar-refractivity contribution in [1.82, 2.24) is 0 Å². The predicted octanol–water partition coefficient (Wildman–Crippen LogP) is 3.00. The first-order valence-corrected chi connectivity index (χ1v) is 4.44. The molecule has 0 aromatic heterocycles. The van der Waals surface area contributed by atoms with E-state index in [-0.39, 0.29) is 0 Å². The van der Waals surface area contributed by atoms with Crippen molar-refractivity contribution in [2.75, 3.05) is 14.2 Å². The third-order valence-electron chi connectivity index (χ3n) is 1.30. The first-order chi connectivity index (χ1) is 5.77. The Balaban J connectivity index is 2.95. The predicted molar refractivity (Wildman–Crippen MR) is 50.9 cm³/mol. The topological polar surface area (TPSA) is 18.5 Å². The highest BCUT2D eigenvalue weighted by molar-refractivity contribution is 7.94. The van der Waals surface area contributed by atoms with E-state index in [0.29, 0.717) is 5.02 Å². The fourth-order valence-electron chi connectivity index (χ4n) is 0.805. The van der Waals surface area contributed by atoms with Gasteiger partial charge in [0.05, 0.1) is 19.1 Å². The van der Waals surface area contributed by atoms with Crippen LogP contribution >= 0.6 is 23.6 Å². The molecule has 0 aliphatic heterocycles. The van der Waals surface area contributed by atoms with Crippen molar-refractivity contribution >= 4 is 23.6 Å². The number of methoxy groups -OCH3 is 1. The summed E-state index contributed by atoms with van der Waals surface area (Å²) in [4.78, 5) is 0.882. The van der Waals surface area contributed by atoms with E-state index in [0.717, 1.165) is 10.6 Å². The first kappa shape index (κ1) is 9.71. The number of hydrogen-bond acceptors (Lipinski definition) is 3. The fourth-order valence-corrected chi connectivity index (χ4v) is 1.63. The highest BCUT2D eigenvalue weighted by Gasteiger charge is 2.03. The summed E-state index contributed by atoms with van der Waals surface area (Å²) in [6.07, 6.45) is 0. The average molecular weight is 205 g/mol. The van der Waals surface area contributed by atoms with E-state index >= 15 is 0 Å². The summed E-state index contributed by atoms with van der Waals surface area (Å²) in [6, 6.07) is 5.39. The third-order valence-corrected chi connectivity index (χ3v) is 2.20. The van der Waals surface area contributed by atoms with Crippen LogP contribution < -0.4 is 4.74 Å². The van der Waals surface area contributed by atoms with Gasteiger partial charge in [0.25, 0.3) is 0 Å². The highest BCUT2D eigenvalue weighted by atomic mass is 35.5. The molecule has 2 nitrogen and oxygen atoms in total. The van der Waals surface area contributed by atoms with Gasteiger partial charge < -0.3 is 8.92 Å². The third kappa shape index (κ3) is 2.30. The zero-order valence-corrected chi connectivity index (χ0v) is 8.41. The van der Waals surface area contributed by atoms with Crippen molar-refractivity contribution in [2.24, 2.45) is 0 Å². The molecule has 0 saturated carbocycles. The Morgan fingerprint density at radius 2 is 2.08 bits per heavy atom. The van der Waals surface area contributed by atoms with E-state index in [2.05, 4.69) is 0 Å². The van der Waals surface area contributed by atoms with Gasteiger partial charge in [-0.3, -0.25) is 0 Å². The Hall–Kier alpha value is -0.380. The van der Waals surface area contributed by atoms with Gasteiger partial charge in [0.1, 0.15) is 5.75 Å². The Morgan fingerprint density at radius 1 is 1.33 bits per heavy atom. The van der Waals surface area contributed by atoms with E-state index in [9.17, 15) is 0 Å². The van der Waals surface area contributed by atoms with Crippen molar-refractivity contribution in [3.8, 4) is 5.75 Å². The molecule has 0 aliphatic rings. The van der Waals surface area contributed by atoms with E-state index in [1.54, 1.807) is 26.4 Å². The number of rotatable bonds is 3. The molecular weight excluding hydrogens is 196 g/mol. The first-order valence-electron chi connectivity index (χ1n) is 3.32. The minimum Gasteiger partial charge on any atom is -0.495 e. The molecule has 1 aromatic carbocycles. The summed E-state index contributed by atoms with van der Waals surface area (Å²) in [7, 11) is 3.22. The van der Waals surface area contributed by atoms with Gasteiger partial charge in [-0.2, -0.15) is 0 Å². The molecule has 0 atom stereocenters. The van der Waals surface area contributed by atoms with Crippen molar-refractivity contribution in [1.29, 1.82) is 0 Å². The molecule has 0 unspecified atom stereocenters. The Bertz CT molecular complexity index is 265. The van der Waals surface area contributed by atoms with Crippen LogP contribution in [0.5, 0.6) is 5.75 Å². The van der Waals surface area contributed by atoms with Crippen molar-refractivity contribution in [2.45, 2.75) is 4.90 Å². The SMILES string of the molecule is COSc1cc(Cl)ccc1OC. The Morgan fingerprint density at radius 3 is 2.67 bits per heavy atom. The summed E-state index contributed by atoms with van der Waals surface area (Å²) in [5, 5.41) is 0.676. The standard InChI is InChI=1S/C8H9ClO2S/c1-10-7-4-3-6(9)5-8(7)12-11-2/h3-5H,1-2H3. The van der Waals surface area contributed by atoms with Crippen molar-refractivity contribution in [3.63, 3.8) is 0 Å². The Labute approximate surface area is 81.0 Å². The lowest BCUT2D eigenvalue weighted by Gasteiger charge is -2.05. The van der Waals surface area contributed by atoms with Crippen LogP contribution in [0, 0.1) is 0 Å². The average Bonchev–Trinajstić information content (AvgIpc) is 2.05. The molecule has 0 bridgehead atoms. The van der Waals surface area contributed by atoms with Gasteiger partial charge in [-0.05, 0) is 18.2 Å². The van der Waals surface area contributed by atoms with Crippen molar-refractivity contribution < 1.29 is 8.92 Å². The van der Waals surface area contributed by atoms with Gasteiger partial charge in [0.2, 0.25) is 0 Å². The molecule has 1 rings (SSSR count). The summed E-state index contributed by atoms with van der Waals surface area (Å²) in [6.45, 7) is 0. The molecule has 12 heavy (non-hydrogen) atoms. The normalized spacial score (nSPS) is 9.92. The van der Waals surface area contributed by atoms with Crippen molar-refractivity contribution in [3.05, 3.63) is 23.2 Å². The number of hydrogen-bond donors (Lipinski definition) is 0. The quantitative estimate of drug-likeness (QED) is 0.706. The summed E-state index contributed by atoms with van der Waals surface area (Å²) < 4.78 is 10.00. The van der Waals surface area contributed by atoms with Crippen LogP contribution in [0.3, 0.4) is 0 Å². The molecule has 0 aliphatic carbocycles.